The molecule has 4 heterocycles. The zero-order valence-corrected chi connectivity index (χ0v) is 20.8. The Hall–Kier alpha value is -3.00. The van der Waals surface area contributed by atoms with Crippen LogP contribution >= 0.6 is 0 Å². The van der Waals surface area contributed by atoms with E-state index in [4.69, 9.17) is 4.98 Å². The molecule has 1 saturated heterocycles. The highest BCUT2D eigenvalue weighted by Crippen LogP contribution is 2.29. The number of fused-ring (bicyclic) bond motifs is 3. The molecular weight excluding hydrogens is 438 g/mol. The van der Waals surface area contributed by atoms with Gasteiger partial charge in [0, 0.05) is 45.7 Å². The van der Waals surface area contributed by atoms with Crippen molar-refractivity contribution in [2.45, 2.75) is 58.5 Å². The average Bonchev–Trinajstić information content (AvgIpc) is 3.09. The van der Waals surface area contributed by atoms with Crippen molar-refractivity contribution in [3.8, 4) is 0 Å². The zero-order chi connectivity index (χ0) is 24.0. The van der Waals surface area contributed by atoms with Gasteiger partial charge in [-0.2, -0.15) is 0 Å². The van der Waals surface area contributed by atoms with E-state index in [0.717, 1.165) is 74.8 Å². The molecule has 186 valence electrons. The molecule has 8 nitrogen and oxygen atoms in total. The number of hydrogen-bond donors (Lipinski definition) is 1. The second-order valence-corrected chi connectivity index (χ2v) is 9.79. The summed E-state index contributed by atoms with van der Waals surface area (Å²) >= 11 is 0. The van der Waals surface area contributed by atoms with Crippen LogP contribution in [0.4, 0.5) is 5.82 Å². The Bertz CT molecular complexity index is 1130. The average molecular weight is 476 g/mol. The lowest BCUT2D eigenvalue weighted by molar-refractivity contribution is -0.125. The smallest absolute Gasteiger partial charge is 0.224 e. The molecule has 0 bridgehead atoms. The Kier molecular flexibility index (Phi) is 7.57. The van der Waals surface area contributed by atoms with Crippen LogP contribution in [0.3, 0.4) is 0 Å². The molecule has 1 aromatic carbocycles. The molecule has 1 fully saturated rings. The van der Waals surface area contributed by atoms with Gasteiger partial charge in [0.25, 0.3) is 0 Å². The van der Waals surface area contributed by atoms with Gasteiger partial charge in [-0.1, -0.05) is 43.7 Å². The molecule has 0 saturated carbocycles. The van der Waals surface area contributed by atoms with Gasteiger partial charge in [-0.05, 0) is 37.8 Å². The van der Waals surface area contributed by atoms with Crippen LogP contribution in [0, 0.1) is 5.92 Å². The molecule has 1 amide bonds. The number of carbonyl (C=O) groups is 1. The second-order valence-electron chi connectivity index (χ2n) is 9.79. The van der Waals surface area contributed by atoms with Crippen LogP contribution in [0.25, 0.3) is 11.2 Å². The number of anilines is 1. The number of imidazole rings is 1. The fourth-order valence-electron chi connectivity index (χ4n) is 5.41. The maximum atomic E-state index is 13.1. The predicted octanol–water partition coefficient (Wildman–Crippen LogP) is 3.41. The highest BCUT2D eigenvalue weighted by Gasteiger charge is 2.29. The topological polar surface area (TPSA) is 79.2 Å². The number of nitrogens with one attached hydrogen (secondary N) is 1. The van der Waals surface area contributed by atoms with Crippen molar-refractivity contribution in [1.82, 2.24) is 29.7 Å². The normalized spacial score (nSPS) is 18.5. The minimum Gasteiger partial charge on any atom is -0.355 e. The van der Waals surface area contributed by atoms with E-state index in [2.05, 4.69) is 60.8 Å². The SMILES string of the molecule is CCN(CCNC(=O)[C@@H]1CCCN(c2ncnc3c2nc2n3CCCCC2)C1)Cc1ccccc1. The lowest BCUT2D eigenvalue weighted by atomic mass is 9.97. The molecule has 1 N–H and O–H groups in total. The molecule has 1 atom stereocenters. The summed E-state index contributed by atoms with van der Waals surface area (Å²) in [6.07, 6.45) is 8.15. The first-order valence-electron chi connectivity index (χ1n) is 13.2. The number of aryl methyl sites for hydroxylation is 2. The molecular formula is C27H37N7O. The van der Waals surface area contributed by atoms with Gasteiger partial charge in [-0.15, -0.1) is 0 Å². The molecule has 3 aromatic rings. The minimum atomic E-state index is -0.0293. The molecule has 0 spiro atoms. The molecule has 35 heavy (non-hydrogen) atoms. The Morgan fingerprint density at radius 2 is 2.00 bits per heavy atom. The first-order valence-corrected chi connectivity index (χ1v) is 13.2. The molecule has 0 radical (unpaired) electrons. The lowest BCUT2D eigenvalue weighted by Gasteiger charge is -2.33. The van der Waals surface area contributed by atoms with Gasteiger partial charge < -0.3 is 14.8 Å². The van der Waals surface area contributed by atoms with Gasteiger partial charge in [-0.3, -0.25) is 9.69 Å². The number of aromatic nitrogens is 4. The molecule has 8 heteroatoms. The third kappa shape index (κ3) is 5.48. The van der Waals surface area contributed by atoms with E-state index in [0.29, 0.717) is 13.1 Å². The van der Waals surface area contributed by atoms with Crippen molar-refractivity contribution in [1.29, 1.82) is 0 Å². The molecule has 2 aliphatic heterocycles. The first-order chi connectivity index (χ1) is 17.2. The van der Waals surface area contributed by atoms with E-state index in [-0.39, 0.29) is 11.8 Å². The number of nitrogens with zero attached hydrogens (tertiary/aromatic N) is 6. The predicted molar refractivity (Wildman–Crippen MR) is 138 cm³/mol. The second kappa shape index (κ2) is 11.2. The summed E-state index contributed by atoms with van der Waals surface area (Å²) in [4.78, 5) is 31.8. The number of likely N-dealkylation sites (N-methyl/N-ethyl adjacent to an activating group) is 1. The van der Waals surface area contributed by atoms with Crippen LogP contribution in [0.15, 0.2) is 36.7 Å². The van der Waals surface area contributed by atoms with E-state index < -0.39 is 0 Å². The summed E-state index contributed by atoms with van der Waals surface area (Å²) in [7, 11) is 0. The number of hydrogen-bond acceptors (Lipinski definition) is 6. The molecule has 2 aromatic heterocycles. The van der Waals surface area contributed by atoms with Crippen LogP contribution in [0.2, 0.25) is 0 Å². The third-order valence-corrected chi connectivity index (χ3v) is 7.39. The highest BCUT2D eigenvalue weighted by molar-refractivity contribution is 5.85. The van der Waals surface area contributed by atoms with Gasteiger partial charge in [0.2, 0.25) is 5.91 Å². The van der Waals surface area contributed by atoms with Crippen molar-refractivity contribution in [2.24, 2.45) is 5.92 Å². The van der Waals surface area contributed by atoms with Crippen LogP contribution < -0.4 is 10.2 Å². The monoisotopic (exact) mass is 475 g/mol. The number of benzene rings is 1. The fourth-order valence-corrected chi connectivity index (χ4v) is 5.41. The summed E-state index contributed by atoms with van der Waals surface area (Å²) in [5, 5.41) is 3.20. The highest BCUT2D eigenvalue weighted by atomic mass is 16.1. The van der Waals surface area contributed by atoms with Crippen LogP contribution in [-0.2, 0) is 24.3 Å². The summed E-state index contributed by atoms with van der Waals surface area (Å²) in [5.41, 5.74) is 3.14. The molecule has 0 unspecified atom stereocenters. The van der Waals surface area contributed by atoms with Crippen molar-refractivity contribution in [3.63, 3.8) is 0 Å². The van der Waals surface area contributed by atoms with E-state index in [1.54, 1.807) is 6.33 Å². The number of amides is 1. The maximum absolute atomic E-state index is 13.1. The summed E-state index contributed by atoms with van der Waals surface area (Å²) in [6.45, 7) is 8.11. The fraction of sp³-hybridized carbons (Fsp3) is 0.556. The van der Waals surface area contributed by atoms with Gasteiger partial charge in [0.05, 0.1) is 5.92 Å². The number of carbonyl (C=O) groups excluding carboxylic acids is 1. The minimum absolute atomic E-state index is 0.0293. The standard InChI is InChI=1S/C27H37N7O/c1-2-32(18-21-10-5-3-6-11-21)17-14-28-27(35)22-12-9-15-33(19-22)25-24-26(30-20-29-25)34-16-8-4-7-13-23(34)31-24/h3,5-6,10-11,20,22H,2,4,7-9,12-19H2,1H3,(H,28,35)/t22-/m1/s1. The summed E-state index contributed by atoms with van der Waals surface area (Å²) < 4.78 is 2.27. The van der Waals surface area contributed by atoms with Crippen molar-refractivity contribution >= 4 is 22.9 Å². The van der Waals surface area contributed by atoms with E-state index in [1.165, 1.54) is 24.8 Å². The van der Waals surface area contributed by atoms with Gasteiger partial charge in [-0.25, -0.2) is 15.0 Å². The lowest BCUT2D eigenvalue weighted by Crippen LogP contribution is -2.45. The van der Waals surface area contributed by atoms with Crippen LogP contribution in [-0.4, -0.2) is 63.0 Å². The summed E-state index contributed by atoms with van der Waals surface area (Å²) in [6, 6.07) is 10.5. The van der Waals surface area contributed by atoms with Gasteiger partial charge in [0.15, 0.2) is 17.0 Å². The molecule has 2 aliphatic rings. The Balaban J connectivity index is 1.20. The zero-order valence-electron chi connectivity index (χ0n) is 20.8. The largest absolute Gasteiger partial charge is 0.355 e. The number of piperidine rings is 1. The quantitative estimate of drug-likeness (QED) is 0.538. The number of rotatable bonds is 8. The Morgan fingerprint density at radius 3 is 2.86 bits per heavy atom. The van der Waals surface area contributed by atoms with E-state index >= 15 is 0 Å². The molecule has 0 aliphatic carbocycles. The van der Waals surface area contributed by atoms with E-state index in [1.807, 2.05) is 6.07 Å². The van der Waals surface area contributed by atoms with Gasteiger partial charge in [0.1, 0.15) is 12.2 Å². The van der Waals surface area contributed by atoms with Crippen LogP contribution in [0.5, 0.6) is 0 Å². The van der Waals surface area contributed by atoms with Crippen LogP contribution in [0.1, 0.15) is 50.4 Å². The van der Waals surface area contributed by atoms with Crippen molar-refractivity contribution < 1.29 is 4.79 Å². The van der Waals surface area contributed by atoms with Crippen molar-refractivity contribution in [3.05, 3.63) is 48.0 Å². The Morgan fingerprint density at radius 1 is 1.11 bits per heavy atom. The van der Waals surface area contributed by atoms with Gasteiger partial charge >= 0.3 is 0 Å². The van der Waals surface area contributed by atoms with Crippen molar-refractivity contribution in [2.75, 3.05) is 37.6 Å². The Labute approximate surface area is 207 Å². The summed E-state index contributed by atoms with van der Waals surface area (Å²) in [5.74, 6) is 2.13. The third-order valence-electron chi connectivity index (χ3n) is 7.39. The molecule has 5 rings (SSSR count). The van der Waals surface area contributed by atoms with E-state index in [9.17, 15) is 4.79 Å². The maximum Gasteiger partial charge on any atom is 0.224 e. The first kappa shape index (κ1) is 23.7.